The number of nitrogens with zero attached hydrogens (tertiary/aromatic N) is 4. The highest BCUT2D eigenvalue weighted by Crippen LogP contribution is 2.41. The lowest BCUT2D eigenvalue weighted by molar-refractivity contribution is 0.274. The Morgan fingerprint density at radius 1 is 1.09 bits per heavy atom. The molecule has 0 unspecified atom stereocenters. The lowest BCUT2D eigenvalue weighted by atomic mass is 9.98. The third kappa shape index (κ3) is 4.16. The van der Waals surface area contributed by atoms with Gasteiger partial charge in [-0.05, 0) is 22.9 Å². The smallest absolute Gasteiger partial charge is 0.240 e. The quantitative estimate of drug-likeness (QED) is 0.177. The molecule has 0 saturated carbocycles. The Bertz CT molecular complexity index is 1550. The van der Waals surface area contributed by atoms with Crippen LogP contribution in [-0.2, 0) is 19.9 Å². The molecule has 0 amide bonds. The first-order valence-electron chi connectivity index (χ1n) is 9.30. The minimum atomic E-state index is -4.65. The van der Waals surface area contributed by atoms with Crippen molar-refractivity contribution < 1.29 is 21.9 Å². The van der Waals surface area contributed by atoms with Crippen molar-refractivity contribution in [3.8, 4) is 22.5 Å². The van der Waals surface area contributed by atoms with E-state index in [-0.39, 0.29) is 22.9 Å². The second-order valence-electron chi connectivity index (χ2n) is 7.14. The lowest BCUT2D eigenvalue weighted by Crippen LogP contribution is -2.33. The van der Waals surface area contributed by atoms with E-state index in [0.717, 1.165) is 6.07 Å². The molecule has 0 bridgehead atoms. The van der Waals surface area contributed by atoms with Gasteiger partial charge in [0.1, 0.15) is 4.90 Å². The number of imidazole rings is 1. The summed E-state index contributed by atoms with van der Waals surface area (Å²) >= 11 is 0. The highest BCUT2D eigenvalue weighted by molar-refractivity contribution is 7.93. The summed E-state index contributed by atoms with van der Waals surface area (Å²) in [6, 6.07) is 6.38. The van der Waals surface area contributed by atoms with E-state index in [1.165, 1.54) is 6.07 Å². The number of H-pyrrole nitrogens is 2. The highest BCUT2D eigenvalue weighted by Gasteiger charge is 2.33. The van der Waals surface area contributed by atoms with Crippen molar-refractivity contribution in [3.05, 3.63) is 30.3 Å². The average molecular weight is 494 g/mol. The van der Waals surface area contributed by atoms with E-state index in [9.17, 15) is 21.9 Å². The molecule has 2 aromatic carbocycles. The summed E-state index contributed by atoms with van der Waals surface area (Å²) in [4.78, 5) is 5.78. The zero-order chi connectivity index (χ0) is 24.0. The van der Waals surface area contributed by atoms with Gasteiger partial charge in [-0.15, -0.1) is 10.2 Å². The predicted molar refractivity (Wildman–Crippen MR) is 118 cm³/mol. The zero-order valence-electron chi connectivity index (χ0n) is 16.8. The van der Waals surface area contributed by atoms with Crippen molar-refractivity contribution in [1.82, 2.24) is 30.6 Å². The zero-order valence-corrected chi connectivity index (χ0v) is 18.4. The van der Waals surface area contributed by atoms with Crippen molar-refractivity contribution in [2.75, 3.05) is 18.1 Å². The topological polar surface area (TPSA) is 250 Å². The minimum Gasteiger partial charge on any atom is -0.395 e. The van der Waals surface area contributed by atoms with Crippen molar-refractivity contribution in [1.29, 1.82) is 0 Å². The molecule has 2 heterocycles. The summed E-state index contributed by atoms with van der Waals surface area (Å²) in [5.74, 6) is -0.803. The number of aliphatic hydroxyl groups is 1. The van der Waals surface area contributed by atoms with Gasteiger partial charge in [0.2, 0.25) is 15.8 Å². The van der Waals surface area contributed by atoms with Crippen LogP contribution in [0, 0.1) is 0 Å². The van der Waals surface area contributed by atoms with Gasteiger partial charge in [-0.3, -0.25) is 0 Å². The van der Waals surface area contributed by atoms with Gasteiger partial charge in [0.05, 0.1) is 33.9 Å². The summed E-state index contributed by atoms with van der Waals surface area (Å²) in [7, 11) is -8.96. The first kappa shape index (κ1) is 22.7. The molecular weight excluding hydrogens is 474 g/mol. The standard InChI is InChI=1S/C17H19N9O5S2/c18-8(6-27)7-32(28,29)12-5-4-9(10-2-1-3-11-14(10)22-17(19)21-11)13(15(12)33(20,30)31)16-23-25-26-24-16/h1-5,8,27H,6-7,18H2,(H3,19,21,22)(H2,20,30,31)(H,23,24,25,26)/t8-/m0/s1. The van der Waals surface area contributed by atoms with Crippen molar-refractivity contribution in [2.45, 2.75) is 15.8 Å². The van der Waals surface area contributed by atoms with Crippen LogP contribution in [0.4, 0.5) is 5.95 Å². The van der Waals surface area contributed by atoms with Gasteiger partial charge in [0.25, 0.3) is 0 Å². The van der Waals surface area contributed by atoms with Crippen molar-refractivity contribution >= 4 is 36.8 Å². The highest BCUT2D eigenvalue weighted by atomic mass is 32.2. The van der Waals surface area contributed by atoms with Crippen LogP contribution in [0.2, 0.25) is 0 Å². The Labute approximate surface area is 187 Å². The number of anilines is 1. The second kappa shape index (κ2) is 8.16. The van der Waals surface area contributed by atoms with E-state index < -0.39 is 48.1 Å². The van der Waals surface area contributed by atoms with Gasteiger partial charge in [-0.25, -0.2) is 27.0 Å². The number of aromatic nitrogens is 6. The Morgan fingerprint density at radius 3 is 2.48 bits per heavy atom. The first-order valence-corrected chi connectivity index (χ1v) is 12.5. The number of benzene rings is 2. The summed E-state index contributed by atoms with van der Waals surface area (Å²) in [5.41, 5.74) is 12.8. The number of sulfonamides is 1. The third-order valence-corrected chi connectivity index (χ3v) is 7.80. The number of tetrazole rings is 1. The summed E-state index contributed by atoms with van der Waals surface area (Å²) in [5, 5.41) is 28.1. The summed E-state index contributed by atoms with van der Waals surface area (Å²) in [6.07, 6.45) is 0. The number of nitrogens with two attached hydrogens (primary N) is 3. The molecule has 0 saturated heterocycles. The molecule has 4 rings (SSSR count). The number of fused-ring (bicyclic) bond motifs is 1. The molecule has 9 N–H and O–H groups in total. The van der Waals surface area contributed by atoms with E-state index in [4.69, 9.17) is 16.6 Å². The number of hydrogen-bond donors (Lipinski definition) is 6. The number of para-hydroxylation sites is 1. The molecule has 16 heteroatoms. The molecule has 14 nitrogen and oxygen atoms in total. The molecule has 2 aromatic heterocycles. The number of aromatic amines is 2. The van der Waals surface area contributed by atoms with Crippen LogP contribution < -0.4 is 16.6 Å². The molecular formula is C17H19N9O5S2. The lowest BCUT2D eigenvalue weighted by Gasteiger charge is -2.17. The van der Waals surface area contributed by atoms with Crippen LogP contribution in [-0.4, -0.2) is 70.9 Å². The van der Waals surface area contributed by atoms with Gasteiger partial charge in [-0.2, -0.15) is 5.21 Å². The molecule has 0 fully saturated rings. The molecule has 1 atom stereocenters. The largest absolute Gasteiger partial charge is 0.395 e. The predicted octanol–water partition coefficient (Wildman–Crippen LogP) is -1.27. The molecule has 0 spiro atoms. The van der Waals surface area contributed by atoms with Gasteiger partial charge >= 0.3 is 0 Å². The van der Waals surface area contributed by atoms with Crippen molar-refractivity contribution in [2.24, 2.45) is 10.9 Å². The van der Waals surface area contributed by atoms with E-state index >= 15 is 0 Å². The van der Waals surface area contributed by atoms with Crippen LogP contribution in [0.1, 0.15) is 0 Å². The molecule has 0 aliphatic heterocycles. The maximum absolute atomic E-state index is 13.0. The maximum Gasteiger partial charge on any atom is 0.240 e. The monoisotopic (exact) mass is 493 g/mol. The SMILES string of the molecule is Nc1nc2c(-c3ccc(S(=O)(=O)C[C@@H](N)CO)c(S(N)(=O)=O)c3-c3nn[nH]n3)cccc2[nH]1. The number of aliphatic hydroxyl groups excluding tert-OH is 1. The molecule has 0 aliphatic rings. The fourth-order valence-corrected chi connectivity index (χ4v) is 6.57. The van der Waals surface area contributed by atoms with Crippen molar-refractivity contribution in [3.63, 3.8) is 0 Å². The van der Waals surface area contributed by atoms with Gasteiger partial charge in [0, 0.05) is 11.6 Å². The Balaban J connectivity index is 2.13. The summed E-state index contributed by atoms with van der Waals surface area (Å²) < 4.78 is 51.5. The fraction of sp³-hybridized carbons (Fsp3) is 0.176. The van der Waals surface area contributed by atoms with E-state index in [1.807, 2.05) is 0 Å². The number of hydrogen-bond acceptors (Lipinski definition) is 11. The van der Waals surface area contributed by atoms with E-state index in [1.54, 1.807) is 18.2 Å². The number of rotatable bonds is 7. The fourth-order valence-electron chi connectivity index (χ4n) is 3.50. The van der Waals surface area contributed by atoms with Gasteiger partial charge in [0.15, 0.2) is 15.8 Å². The number of sulfone groups is 1. The number of nitrogens with one attached hydrogen (secondary N) is 2. The van der Waals surface area contributed by atoms with Crippen LogP contribution in [0.15, 0.2) is 40.1 Å². The van der Waals surface area contributed by atoms with E-state index in [2.05, 4.69) is 30.6 Å². The molecule has 33 heavy (non-hydrogen) atoms. The number of nitrogen functional groups attached to an aromatic ring is 1. The van der Waals surface area contributed by atoms with Crippen LogP contribution in [0.5, 0.6) is 0 Å². The normalized spacial score (nSPS) is 13.4. The van der Waals surface area contributed by atoms with E-state index in [0.29, 0.717) is 16.6 Å². The molecule has 4 aromatic rings. The molecule has 0 radical (unpaired) electrons. The molecule has 0 aliphatic carbocycles. The minimum absolute atomic E-state index is 0.127. The van der Waals surface area contributed by atoms with Crippen LogP contribution in [0.3, 0.4) is 0 Å². The van der Waals surface area contributed by atoms with Gasteiger partial charge < -0.3 is 21.6 Å². The second-order valence-corrected chi connectivity index (χ2v) is 10.6. The Morgan fingerprint density at radius 2 is 1.85 bits per heavy atom. The summed E-state index contributed by atoms with van der Waals surface area (Å²) in [6.45, 7) is -0.623. The number of primary sulfonamides is 1. The Hall–Kier alpha value is -3.44. The maximum atomic E-state index is 13.0. The Kier molecular flexibility index (Phi) is 5.62. The van der Waals surface area contributed by atoms with Gasteiger partial charge in [-0.1, -0.05) is 18.2 Å². The van der Waals surface area contributed by atoms with Crippen LogP contribution >= 0.6 is 0 Å². The van der Waals surface area contributed by atoms with Crippen LogP contribution in [0.25, 0.3) is 33.5 Å². The third-order valence-electron chi connectivity index (χ3n) is 4.80. The first-order chi connectivity index (χ1) is 15.5. The average Bonchev–Trinajstić information content (AvgIpc) is 3.40. The molecule has 174 valence electrons.